The maximum atomic E-state index is 11.2. The Morgan fingerprint density at radius 3 is 2.94 bits per heavy atom. The number of aromatic nitrogens is 2. The third kappa shape index (κ3) is 3.50. The largest absolute Gasteiger partial charge is 0.367 e. The van der Waals surface area contributed by atoms with Crippen molar-refractivity contribution in [1.29, 1.82) is 0 Å². The van der Waals surface area contributed by atoms with Crippen molar-refractivity contribution >= 4 is 17.4 Å². The van der Waals surface area contributed by atoms with Crippen LogP contribution in [0.25, 0.3) is 0 Å². The summed E-state index contributed by atoms with van der Waals surface area (Å²) in [5.74, 6) is 0.433. The molecule has 5 nitrogen and oxygen atoms in total. The quantitative estimate of drug-likeness (QED) is 0.817. The van der Waals surface area contributed by atoms with Crippen LogP contribution in [0.1, 0.15) is 13.8 Å². The number of hydrogen-bond donors (Lipinski definition) is 2. The van der Waals surface area contributed by atoms with Crippen LogP contribution in [-0.2, 0) is 0 Å². The predicted molar refractivity (Wildman–Crippen MR) is 66.1 cm³/mol. The summed E-state index contributed by atoms with van der Waals surface area (Å²) in [6.07, 6.45) is 1.34. The minimum absolute atomic E-state index is 0.106. The summed E-state index contributed by atoms with van der Waals surface area (Å²) in [7, 11) is 2.04. The van der Waals surface area contributed by atoms with E-state index in [-0.39, 0.29) is 10.6 Å². The van der Waals surface area contributed by atoms with Gasteiger partial charge in [-0.15, -0.1) is 0 Å². The smallest absolute Gasteiger partial charge is 0.271 e. The Kier molecular flexibility index (Phi) is 4.76. The van der Waals surface area contributed by atoms with E-state index in [1.807, 2.05) is 7.05 Å². The lowest BCUT2D eigenvalue weighted by Crippen LogP contribution is -2.31. The Morgan fingerprint density at radius 1 is 1.62 bits per heavy atom. The molecule has 6 heteroatoms. The van der Waals surface area contributed by atoms with Gasteiger partial charge < -0.3 is 15.2 Å². The van der Waals surface area contributed by atoms with Gasteiger partial charge >= 0.3 is 0 Å². The first-order valence-corrected chi connectivity index (χ1v) is 5.57. The second-order valence-electron chi connectivity index (χ2n) is 3.90. The zero-order valence-corrected chi connectivity index (χ0v) is 10.5. The SMILES string of the molecule is CC(C)N(C)CCNc1nc[nH]c(=O)c1Cl. The van der Waals surface area contributed by atoms with Crippen LogP contribution in [0.2, 0.25) is 5.02 Å². The predicted octanol–water partition coefficient (Wildman–Crippen LogP) is 1.18. The third-order valence-electron chi connectivity index (χ3n) is 2.44. The van der Waals surface area contributed by atoms with Crippen molar-refractivity contribution in [2.75, 3.05) is 25.5 Å². The summed E-state index contributed by atoms with van der Waals surface area (Å²) < 4.78 is 0. The fourth-order valence-corrected chi connectivity index (χ4v) is 1.29. The van der Waals surface area contributed by atoms with Crippen molar-refractivity contribution < 1.29 is 0 Å². The van der Waals surface area contributed by atoms with Gasteiger partial charge in [-0.1, -0.05) is 11.6 Å². The van der Waals surface area contributed by atoms with E-state index >= 15 is 0 Å². The van der Waals surface area contributed by atoms with E-state index < -0.39 is 0 Å². The van der Waals surface area contributed by atoms with Crippen LogP contribution in [0, 0.1) is 0 Å². The Bertz CT molecular complexity index is 391. The Labute approximate surface area is 99.8 Å². The number of halogens is 1. The summed E-state index contributed by atoms with van der Waals surface area (Å²) in [4.78, 5) is 19.7. The summed E-state index contributed by atoms with van der Waals surface area (Å²) >= 11 is 5.79. The highest BCUT2D eigenvalue weighted by Gasteiger charge is 2.06. The highest BCUT2D eigenvalue weighted by Crippen LogP contribution is 2.11. The highest BCUT2D eigenvalue weighted by atomic mass is 35.5. The van der Waals surface area contributed by atoms with Crippen molar-refractivity contribution in [1.82, 2.24) is 14.9 Å². The number of hydrogen-bond acceptors (Lipinski definition) is 4. The summed E-state index contributed by atoms with van der Waals surface area (Å²) in [6.45, 7) is 5.81. The van der Waals surface area contributed by atoms with Crippen molar-refractivity contribution in [3.63, 3.8) is 0 Å². The van der Waals surface area contributed by atoms with Crippen LogP contribution in [0.4, 0.5) is 5.82 Å². The van der Waals surface area contributed by atoms with E-state index in [0.29, 0.717) is 18.4 Å². The molecule has 0 amide bonds. The van der Waals surface area contributed by atoms with Crippen LogP contribution < -0.4 is 10.9 Å². The summed E-state index contributed by atoms with van der Waals surface area (Å²) in [5, 5.41) is 3.14. The maximum Gasteiger partial charge on any atom is 0.271 e. The molecule has 0 radical (unpaired) electrons. The van der Waals surface area contributed by atoms with Gasteiger partial charge in [-0.05, 0) is 20.9 Å². The number of anilines is 1. The molecule has 0 fully saturated rings. The van der Waals surface area contributed by atoms with Gasteiger partial charge in [-0.2, -0.15) is 0 Å². The fourth-order valence-electron chi connectivity index (χ4n) is 1.12. The second-order valence-corrected chi connectivity index (χ2v) is 4.27. The van der Waals surface area contributed by atoms with Crippen molar-refractivity contribution in [2.24, 2.45) is 0 Å². The molecule has 0 saturated heterocycles. The minimum atomic E-state index is -0.323. The molecule has 16 heavy (non-hydrogen) atoms. The van der Waals surface area contributed by atoms with Crippen molar-refractivity contribution in [3.8, 4) is 0 Å². The van der Waals surface area contributed by atoms with Crippen molar-refractivity contribution in [3.05, 3.63) is 21.7 Å². The molecule has 1 aromatic rings. The van der Waals surface area contributed by atoms with Crippen LogP contribution in [0.5, 0.6) is 0 Å². The monoisotopic (exact) mass is 244 g/mol. The molecule has 0 spiro atoms. The average Bonchev–Trinajstić information content (AvgIpc) is 2.24. The average molecular weight is 245 g/mol. The molecule has 0 aliphatic rings. The van der Waals surface area contributed by atoms with Gasteiger partial charge in [0.15, 0.2) is 5.82 Å². The number of H-pyrrole nitrogens is 1. The van der Waals surface area contributed by atoms with Crippen LogP contribution in [0.3, 0.4) is 0 Å². The molecule has 0 unspecified atom stereocenters. The van der Waals surface area contributed by atoms with Gasteiger partial charge in [0.25, 0.3) is 5.56 Å². The van der Waals surface area contributed by atoms with E-state index in [1.165, 1.54) is 6.33 Å². The zero-order valence-electron chi connectivity index (χ0n) is 9.75. The van der Waals surface area contributed by atoms with Crippen LogP contribution in [-0.4, -0.2) is 41.0 Å². The molecule has 90 valence electrons. The van der Waals surface area contributed by atoms with E-state index in [0.717, 1.165) is 6.54 Å². The lowest BCUT2D eigenvalue weighted by atomic mass is 10.3. The fraction of sp³-hybridized carbons (Fsp3) is 0.600. The van der Waals surface area contributed by atoms with E-state index in [9.17, 15) is 4.79 Å². The van der Waals surface area contributed by atoms with Gasteiger partial charge in [0.2, 0.25) is 0 Å². The molecule has 0 bridgehead atoms. The first kappa shape index (κ1) is 13.0. The number of aromatic amines is 1. The molecular weight excluding hydrogens is 228 g/mol. The van der Waals surface area contributed by atoms with Gasteiger partial charge in [0, 0.05) is 19.1 Å². The Morgan fingerprint density at radius 2 is 2.31 bits per heavy atom. The molecule has 0 aliphatic carbocycles. The molecule has 0 aliphatic heterocycles. The van der Waals surface area contributed by atoms with Gasteiger partial charge in [-0.3, -0.25) is 4.79 Å². The molecule has 0 saturated carbocycles. The molecule has 1 aromatic heterocycles. The molecule has 0 aromatic carbocycles. The molecular formula is C10H17ClN4O. The summed E-state index contributed by atoms with van der Waals surface area (Å²) in [5.41, 5.74) is -0.323. The molecule has 2 N–H and O–H groups in total. The van der Waals surface area contributed by atoms with Gasteiger partial charge in [-0.25, -0.2) is 4.98 Å². The molecule has 1 heterocycles. The number of likely N-dealkylation sites (N-methyl/N-ethyl adjacent to an activating group) is 1. The van der Waals surface area contributed by atoms with Crippen LogP contribution in [0.15, 0.2) is 11.1 Å². The Hall–Kier alpha value is -1.07. The van der Waals surface area contributed by atoms with Crippen LogP contribution >= 0.6 is 11.6 Å². The number of nitrogens with one attached hydrogen (secondary N) is 2. The Balaban J connectivity index is 2.49. The second kappa shape index (κ2) is 5.86. The van der Waals surface area contributed by atoms with Crippen molar-refractivity contribution in [2.45, 2.75) is 19.9 Å². The standard InChI is InChI=1S/C10H17ClN4O/c1-7(2)15(3)5-4-12-9-8(11)10(16)14-6-13-9/h6-7H,4-5H2,1-3H3,(H2,12,13,14,16). The van der Waals surface area contributed by atoms with E-state index in [2.05, 4.69) is 34.0 Å². The third-order valence-corrected chi connectivity index (χ3v) is 2.79. The number of rotatable bonds is 5. The summed E-state index contributed by atoms with van der Waals surface area (Å²) in [6, 6.07) is 0.490. The normalized spacial score (nSPS) is 11.1. The van der Waals surface area contributed by atoms with Gasteiger partial charge in [0.1, 0.15) is 5.02 Å². The minimum Gasteiger partial charge on any atom is -0.367 e. The molecule has 0 atom stereocenters. The maximum absolute atomic E-state index is 11.2. The lowest BCUT2D eigenvalue weighted by Gasteiger charge is -2.21. The first-order chi connectivity index (χ1) is 7.52. The lowest BCUT2D eigenvalue weighted by molar-refractivity contribution is 0.284. The molecule has 1 rings (SSSR count). The van der Waals surface area contributed by atoms with E-state index in [1.54, 1.807) is 0 Å². The topological polar surface area (TPSA) is 61.0 Å². The zero-order chi connectivity index (χ0) is 12.1. The highest BCUT2D eigenvalue weighted by molar-refractivity contribution is 6.32. The number of nitrogens with zero attached hydrogens (tertiary/aromatic N) is 2. The first-order valence-electron chi connectivity index (χ1n) is 5.19. The van der Waals surface area contributed by atoms with Gasteiger partial charge in [0.05, 0.1) is 6.33 Å². The van der Waals surface area contributed by atoms with E-state index in [4.69, 9.17) is 11.6 Å².